The molecule has 0 atom stereocenters. The molecule has 0 aliphatic heterocycles. The molecule has 0 radical (unpaired) electrons. The average Bonchev–Trinajstić information content (AvgIpc) is 3.01. The van der Waals surface area contributed by atoms with Gasteiger partial charge >= 0.3 is 0 Å². The van der Waals surface area contributed by atoms with Crippen LogP contribution in [0, 0.1) is 41.1 Å². The van der Waals surface area contributed by atoms with Gasteiger partial charge in [-0.3, -0.25) is 14.9 Å². The Morgan fingerprint density at radius 2 is 1.90 bits per heavy atom. The Kier molecular flexibility index (Phi) is 6.18. The molecule has 1 heterocycles. The van der Waals surface area contributed by atoms with Gasteiger partial charge in [0.05, 0.1) is 4.92 Å². The van der Waals surface area contributed by atoms with Gasteiger partial charge in [-0.15, -0.1) is 0 Å². The maximum Gasteiger partial charge on any atom is 0.289 e. The molecule has 0 saturated carbocycles. The highest BCUT2D eigenvalue weighted by Crippen LogP contribution is 2.28. The fourth-order valence-corrected chi connectivity index (χ4v) is 3.34. The summed E-state index contributed by atoms with van der Waals surface area (Å²) in [4.78, 5) is 22.9. The first-order valence-electron chi connectivity index (χ1n) is 9.03. The van der Waals surface area contributed by atoms with Crippen molar-refractivity contribution in [1.82, 2.24) is 4.57 Å². The second-order valence-corrected chi connectivity index (χ2v) is 7.09. The Labute approximate surface area is 182 Å². The molecule has 0 spiro atoms. The molecule has 2 aromatic carbocycles. The molecule has 156 valence electrons. The molecule has 0 bridgehead atoms. The van der Waals surface area contributed by atoms with Crippen LogP contribution in [0.1, 0.15) is 17.0 Å². The van der Waals surface area contributed by atoms with E-state index in [0.29, 0.717) is 5.56 Å². The quantitative estimate of drug-likeness (QED) is 0.251. The maximum atomic E-state index is 13.2. The molecule has 0 unspecified atom stereocenters. The summed E-state index contributed by atoms with van der Waals surface area (Å²) in [5.41, 5.74) is 2.57. The van der Waals surface area contributed by atoms with Crippen LogP contribution in [0.4, 0.5) is 15.8 Å². The first-order chi connectivity index (χ1) is 14.7. The zero-order valence-corrected chi connectivity index (χ0v) is 17.3. The van der Waals surface area contributed by atoms with Crippen molar-refractivity contribution in [2.24, 2.45) is 0 Å². The van der Waals surface area contributed by atoms with Gasteiger partial charge in [-0.25, -0.2) is 4.39 Å². The monoisotopic (exact) mass is 438 g/mol. The van der Waals surface area contributed by atoms with Crippen molar-refractivity contribution < 1.29 is 14.1 Å². The minimum atomic E-state index is -0.717. The van der Waals surface area contributed by atoms with E-state index in [1.54, 1.807) is 18.2 Å². The largest absolute Gasteiger partial charge is 0.321 e. The van der Waals surface area contributed by atoms with E-state index in [1.165, 1.54) is 30.3 Å². The number of benzene rings is 2. The highest BCUT2D eigenvalue weighted by Gasteiger charge is 2.17. The Morgan fingerprint density at radius 3 is 2.52 bits per heavy atom. The summed E-state index contributed by atoms with van der Waals surface area (Å²) in [6.45, 7) is 3.67. The fraction of sp³-hybridized carbons (Fsp3) is 0.0909. The van der Waals surface area contributed by atoms with Gasteiger partial charge in [-0.05, 0) is 68.0 Å². The molecule has 31 heavy (non-hydrogen) atoms. The number of rotatable bonds is 5. The molecular weight excluding hydrogens is 423 g/mol. The highest BCUT2D eigenvalue weighted by molar-refractivity contribution is 6.32. The Morgan fingerprint density at radius 1 is 1.23 bits per heavy atom. The average molecular weight is 439 g/mol. The molecule has 7 nitrogen and oxygen atoms in total. The predicted molar refractivity (Wildman–Crippen MR) is 116 cm³/mol. The van der Waals surface area contributed by atoms with E-state index in [4.69, 9.17) is 11.6 Å². The zero-order chi connectivity index (χ0) is 22.7. The number of carbonyl (C=O) groups is 1. The summed E-state index contributed by atoms with van der Waals surface area (Å²) < 4.78 is 15.1. The lowest BCUT2D eigenvalue weighted by molar-refractivity contribution is -0.384. The number of carbonyl (C=O) groups excluding carboxylic acids is 1. The number of nitrogens with zero attached hydrogens (tertiary/aromatic N) is 3. The molecule has 3 aromatic rings. The van der Waals surface area contributed by atoms with Crippen LogP contribution in [-0.2, 0) is 4.79 Å². The third-order valence-corrected chi connectivity index (χ3v) is 4.94. The Balaban J connectivity index is 1.92. The summed E-state index contributed by atoms with van der Waals surface area (Å²) in [7, 11) is 0. The molecule has 0 aliphatic carbocycles. The number of halogens is 2. The van der Waals surface area contributed by atoms with Crippen molar-refractivity contribution in [1.29, 1.82) is 5.26 Å². The fourth-order valence-electron chi connectivity index (χ4n) is 3.15. The minimum absolute atomic E-state index is 0.0627. The molecule has 1 N–H and O–H groups in total. The van der Waals surface area contributed by atoms with Gasteiger partial charge < -0.3 is 9.88 Å². The minimum Gasteiger partial charge on any atom is -0.321 e. The molecular formula is C22H16ClFN4O3. The summed E-state index contributed by atoms with van der Waals surface area (Å²) in [6.07, 6.45) is 1.43. The van der Waals surface area contributed by atoms with Crippen molar-refractivity contribution in [3.63, 3.8) is 0 Å². The van der Waals surface area contributed by atoms with E-state index in [-0.39, 0.29) is 27.8 Å². The van der Waals surface area contributed by atoms with Crippen LogP contribution in [0.25, 0.3) is 11.8 Å². The number of nitrogens with one attached hydrogen (secondary N) is 1. The summed E-state index contributed by atoms with van der Waals surface area (Å²) >= 11 is 5.78. The number of nitro benzene ring substituents is 1. The molecule has 0 saturated heterocycles. The number of hydrogen-bond acceptors (Lipinski definition) is 4. The molecule has 0 aliphatic rings. The van der Waals surface area contributed by atoms with Gasteiger partial charge in [0.2, 0.25) is 0 Å². The van der Waals surface area contributed by atoms with Crippen LogP contribution in [0.3, 0.4) is 0 Å². The van der Waals surface area contributed by atoms with E-state index >= 15 is 0 Å². The number of hydrogen-bond donors (Lipinski definition) is 1. The van der Waals surface area contributed by atoms with E-state index < -0.39 is 10.8 Å². The van der Waals surface area contributed by atoms with Crippen molar-refractivity contribution in [2.75, 3.05) is 5.32 Å². The van der Waals surface area contributed by atoms with Crippen molar-refractivity contribution in [3.05, 3.63) is 92.0 Å². The number of nitriles is 1. The van der Waals surface area contributed by atoms with E-state index in [0.717, 1.165) is 23.1 Å². The lowest BCUT2D eigenvalue weighted by atomic mass is 10.1. The molecule has 1 aromatic heterocycles. The summed E-state index contributed by atoms with van der Waals surface area (Å²) in [6, 6.07) is 13.4. The van der Waals surface area contributed by atoms with E-state index in [9.17, 15) is 24.6 Å². The Bertz CT molecular complexity index is 1260. The number of nitro groups is 1. The standard InChI is InChI=1S/C22H16ClFN4O3/c1-13-9-15(14(2)27(13)19-6-3-17(24)4-7-19)10-16(12-25)22(29)26-18-5-8-20(23)21(11-18)28(30)31/h3-11H,1-2H3,(H,26,29)/b16-10+. The second kappa shape index (κ2) is 8.81. The van der Waals surface area contributed by atoms with Crippen LogP contribution in [0.5, 0.6) is 0 Å². The highest BCUT2D eigenvalue weighted by atomic mass is 35.5. The number of aromatic nitrogens is 1. The first kappa shape index (κ1) is 21.7. The lowest BCUT2D eigenvalue weighted by Gasteiger charge is -2.09. The van der Waals surface area contributed by atoms with Gasteiger partial charge in [0.15, 0.2) is 0 Å². The van der Waals surface area contributed by atoms with Gasteiger partial charge in [0, 0.05) is 28.8 Å². The third kappa shape index (κ3) is 4.63. The van der Waals surface area contributed by atoms with Gasteiger partial charge in [-0.1, -0.05) is 11.6 Å². The zero-order valence-electron chi connectivity index (χ0n) is 16.5. The number of amides is 1. The van der Waals surface area contributed by atoms with Gasteiger partial charge in [-0.2, -0.15) is 5.26 Å². The Hall–Kier alpha value is -3.96. The van der Waals surface area contributed by atoms with Crippen LogP contribution >= 0.6 is 11.6 Å². The summed E-state index contributed by atoms with van der Waals surface area (Å²) in [5, 5.41) is 22.9. The third-order valence-electron chi connectivity index (χ3n) is 4.62. The van der Waals surface area contributed by atoms with E-state index in [2.05, 4.69) is 5.32 Å². The van der Waals surface area contributed by atoms with Crippen LogP contribution in [0.15, 0.2) is 54.1 Å². The van der Waals surface area contributed by atoms with Crippen molar-refractivity contribution in [3.8, 4) is 11.8 Å². The summed E-state index contributed by atoms with van der Waals surface area (Å²) in [5.74, 6) is -1.07. The molecule has 0 fully saturated rings. The predicted octanol–water partition coefficient (Wildman–Crippen LogP) is 5.34. The SMILES string of the molecule is Cc1cc(/C=C(\C#N)C(=O)Nc2ccc(Cl)c([N+](=O)[O-])c2)c(C)n1-c1ccc(F)cc1. The molecule has 9 heteroatoms. The molecule has 1 amide bonds. The smallest absolute Gasteiger partial charge is 0.289 e. The van der Waals surface area contributed by atoms with Crippen LogP contribution in [0.2, 0.25) is 5.02 Å². The van der Waals surface area contributed by atoms with Crippen LogP contribution in [-0.4, -0.2) is 15.4 Å². The first-order valence-corrected chi connectivity index (χ1v) is 9.41. The van der Waals surface area contributed by atoms with Gasteiger partial charge in [0.1, 0.15) is 22.5 Å². The molecule has 3 rings (SSSR count). The topological polar surface area (TPSA) is 101 Å². The maximum absolute atomic E-state index is 13.2. The number of aryl methyl sites for hydroxylation is 1. The van der Waals surface area contributed by atoms with Crippen LogP contribution < -0.4 is 5.32 Å². The van der Waals surface area contributed by atoms with E-state index in [1.807, 2.05) is 24.5 Å². The second-order valence-electron chi connectivity index (χ2n) is 6.69. The lowest BCUT2D eigenvalue weighted by Crippen LogP contribution is -2.13. The number of anilines is 1. The normalized spacial score (nSPS) is 11.1. The van der Waals surface area contributed by atoms with Crippen molar-refractivity contribution in [2.45, 2.75) is 13.8 Å². The van der Waals surface area contributed by atoms with Crippen molar-refractivity contribution >= 4 is 35.0 Å². The van der Waals surface area contributed by atoms with Gasteiger partial charge in [0.25, 0.3) is 11.6 Å².